The first-order valence-corrected chi connectivity index (χ1v) is 12.1. The highest BCUT2D eigenvalue weighted by molar-refractivity contribution is 5.96. The van der Waals surface area contributed by atoms with Crippen LogP contribution in [0.25, 0.3) is 0 Å². The number of anilines is 1. The number of nitrogens with one attached hydrogen (secondary N) is 1. The van der Waals surface area contributed by atoms with Crippen molar-refractivity contribution in [3.05, 3.63) is 89.0 Å². The minimum absolute atomic E-state index is 0.0123. The van der Waals surface area contributed by atoms with Crippen molar-refractivity contribution >= 4 is 11.6 Å². The maximum absolute atomic E-state index is 13.6. The van der Waals surface area contributed by atoms with Crippen LogP contribution in [0.4, 0.5) is 5.69 Å². The summed E-state index contributed by atoms with van der Waals surface area (Å²) in [6.45, 7) is 8.29. The van der Waals surface area contributed by atoms with Gasteiger partial charge in [-0.15, -0.1) is 0 Å². The largest absolute Gasteiger partial charge is 0.493 e. The fourth-order valence-corrected chi connectivity index (χ4v) is 4.65. The van der Waals surface area contributed by atoms with Gasteiger partial charge in [-0.3, -0.25) is 14.6 Å². The molecule has 1 aliphatic heterocycles. The van der Waals surface area contributed by atoms with E-state index >= 15 is 0 Å². The van der Waals surface area contributed by atoms with Crippen molar-refractivity contribution in [2.75, 3.05) is 45.7 Å². The highest BCUT2D eigenvalue weighted by atomic mass is 16.5. The van der Waals surface area contributed by atoms with Crippen LogP contribution in [0.5, 0.6) is 11.5 Å². The fourth-order valence-electron chi connectivity index (χ4n) is 4.65. The number of rotatable bonds is 8. The second-order valence-electron chi connectivity index (χ2n) is 9.12. The second-order valence-corrected chi connectivity index (χ2v) is 9.12. The third kappa shape index (κ3) is 6.02. The maximum Gasteiger partial charge on any atom is 0.246 e. The Labute approximate surface area is 208 Å². The molecule has 1 saturated heterocycles. The van der Waals surface area contributed by atoms with Crippen LogP contribution in [0.15, 0.2) is 66.7 Å². The standard InChI is InChI=1S/C29H35N3O3/c1-21-10-11-22(2)25(18-21)30-29(33)28(24-8-6-5-7-9-24)32-16-14-31(15-17-32)20-23-12-13-26(34-3)27(19-23)35-4/h5-13,18-19,28H,14-17,20H2,1-4H3,(H,30,33)/t28-/m1/s1. The van der Waals surface area contributed by atoms with Crippen LogP contribution in [-0.2, 0) is 11.3 Å². The summed E-state index contributed by atoms with van der Waals surface area (Å²) in [5, 5.41) is 3.20. The van der Waals surface area contributed by atoms with Gasteiger partial charge in [0.2, 0.25) is 5.91 Å². The van der Waals surface area contributed by atoms with E-state index in [1.54, 1.807) is 14.2 Å². The predicted octanol–water partition coefficient (Wildman–Crippen LogP) is 4.82. The topological polar surface area (TPSA) is 54.0 Å². The normalized spacial score (nSPS) is 15.4. The van der Waals surface area contributed by atoms with Gasteiger partial charge >= 0.3 is 0 Å². The lowest BCUT2D eigenvalue weighted by Crippen LogP contribution is -2.49. The minimum Gasteiger partial charge on any atom is -0.493 e. The van der Waals surface area contributed by atoms with Crippen molar-refractivity contribution < 1.29 is 14.3 Å². The number of benzene rings is 3. The molecule has 1 heterocycles. The minimum atomic E-state index is -0.334. The molecule has 1 fully saturated rings. The number of hydrogen-bond acceptors (Lipinski definition) is 5. The molecule has 1 aliphatic rings. The number of aryl methyl sites for hydroxylation is 2. The van der Waals surface area contributed by atoms with Gasteiger partial charge in [0.1, 0.15) is 6.04 Å². The molecule has 35 heavy (non-hydrogen) atoms. The molecule has 3 aromatic rings. The lowest BCUT2D eigenvalue weighted by atomic mass is 10.0. The van der Waals surface area contributed by atoms with Crippen molar-refractivity contribution in [1.29, 1.82) is 0 Å². The van der Waals surface area contributed by atoms with Gasteiger partial charge in [0.25, 0.3) is 0 Å². The molecular weight excluding hydrogens is 438 g/mol. The number of methoxy groups -OCH3 is 2. The number of piperazine rings is 1. The van der Waals surface area contributed by atoms with Crippen LogP contribution >= 0.6 is 0 Å². The van der Waals surface area contributed by atoms with Crippen LogP contribution in [0.3, 0.4) is 0 Å². The summed E-state index contributed by atoms with van der Waals surface area (Å²) in [6.07, 6.45) is 0. The quantitative estimate of drug-likeness (QED) is 0.509. The molecule has 0 aliphatic carbocycles. The van der Waals surface area contributed by atoms with Gasteiger partial charge in [0, 0.05) is 38.4 Å². The van der Waals surface area contributed by atoms with Gasteiger partial charge in [-0.25, -0.2) is 0 Å². The Bertz CT molecular complexity index is 1140. The van der Waals surface area contributed by atoms with E-state index in [9.17, 15) is 4.79 Å². The van der Waals surface area contributed by atoms with E-state index in [-0.39, 0.29) is 11.9 Å². The number of carbonyl (C=O) groups excluding carboxylic acids is 1. The summed E-state index contributed by atoms with van der Waals surface area (Å²) in [5.41, 5.74) is 5.27. The number of carbonyl (C=O) groups is 1. The Morgan fingerprint density at radius 3 is 2.29 bits per heavy atom. The van der Waals surface area contributed by atoms with Gasteiger partial charge in [-0.05, 0) is 54.3 Å². The van der Waals surface area contributed by atoms with E-state index in [4.69, 9.17) is 9.47 Å². The molecule has 0 saturated carbocycles. The number of nitrogens with zero attached hydrogens (tertiary/aromatic N) is 2. The monoisotopic (exact) mass is 473 g/mol. The Kier molecular flexibility index (Phi) is 8.06. The molecule has 0 spiro atoms. The number of ether oxygens (including phenoxy) is 2. The third-order valence-electron chi connectivity index (χ3n) is 6.64. The summed E-state index contributed by atoms with van der Waals surface area (Å²) in [7, 11) is 3.31. The van der Waals surface area contributed by atoms with Crippen LogP contribution in [0.1, 0.15) is 28.3 Å². The molecule has 1 N–H and O–H groups in total. The van der Waals surface area contributed by atoms with Crippen molar-refractivity contribution in [1.82, 2.24) is 9.80 Å². The van der Waals surface area contributed by atoms with Crippen LogP contribution in [0, 0.1) is 13.8 Å². The zero-order valence-corrected chi connectivity index (χ0v) is 21.1. The van der Waals surface area contributed by atoms with Crippen molar-refractivity contribution in [2.24, 2.45) is 0 Å². The summed E-state index contributed by atoms with van der Waals surface area (Å²) < 4.78 is 10.8. The third-order valence-corrected chi connectivity index (χ3v) is 6.64. The van der Waals surface area contributed by atoms with E-state index in [0.717, 1.165) is 66.6 Å². The molecule has 1 amide bonds. The average molecular weight is 474 g/mol. The number of hydrogen-bond donors (Lipinski definition) is 1. The fraction of sp³-hybridized carbons (Fsp3) is 0.345. The summed E-state index contributed by atoms with van der Waals surface area (Å²) in [4.78, 5) is 18.3. The molecule has 0 aromatic heterocycles. The van der Waals surface area contributed by atoms with Gasteiger partial charge in [0.15, 0.2) is 11.5 Å². The van der Waals surface area contributed by atoms with E-state index in [0.29, 0.717) is 0 Å². The average Bonchev–Trinajstić information content (AvgIpc) is 2.88. The zero-order valence-electron chi connectivity index (χ0n) is 21.1. The predicted molar refractivity (Wildman–Crippen MR) is 140 cm³/mol. The molecule has 4 rings (SSSR count). The Hall–Kier alpha value is -3.35. The summed E-state index contributed by atoms with van der Waals surface area (Å²) in [6, 6.07) is 22.0. The molecule has 0 unspecified atom stereocenters. The van der Waals surface area contributed by atoms with Crippen LogP contribution < -0.4 is 14.8 Å². The molecule has 0 bridgehead atoms. The van der Waals surface area contributed by atoms with E-state index in [1.165, 1.54) is 5.56 Å². The Morgan fingerprint density at radius 1 is 0.886 bits per heavy atom. The molecule has 0 radical (unpaired) electrons. The van der Waals surface area contributed by atoms with Gasteiger partial charge in [0.05, 0.1) is 14.2 Å². The summed E-state index contributed by atoms with van der Waals surface area (Å²) >= 11 is 0. The van der Waals surface area contributed by atoms with E-state index < -0.39 is 0 Å². The highest BCUT2D eigenvalue weighted by Gasteiger charge is 2.30. The molecule has 6 nitrogen and oxygen atoms in total. The molecule has 3 aromatic carbocycles. The van der Waals surface area contributed by atoms with Crippen LogP contribution in [0.2, 0.25) is 0 Å². The smallest absolute Gasteiger partial charge is 0.246 e. The van der Waals surface area contributed by atoms with Crippen molar-refractivity contribution in [2.45, 2.75) is 26.4 Å². The number of amides is 1. The van der Waals surface area contributed by atoms with Crippen LogP contribution in [-0.4, -0.2) is 56.1 Å². The maximum atomic E-state index is 13.6. The molecule has 1 atom stereocenters. The van der Waals surface area contributed by atoms with Crippen molar-refractivity contribution in [3.63, 3.8) is 0 Å². The molecular formula is C29H35N3O3. The Balaban J connectivity index is 1.46. The Morgan fingerprint density at radius 2 is 1.60 bits per heavy atom. The first-order chi connectivity index (χ1) is 17.0. The lowest BCUT2D eigenvalue weighted by molar-refractivity contribution is -0.122. The molecule has 6 heteroatoms. The van der Waals surface area contributed by atoms with Gasteiger partial charge < -0.3 is 14.8 Å². The first-order valence-electron chi connectivity index (χ1n) is 12.1. The van der Waals surface area contributed by atoms with Gasteiger partial charge in [-0.2, -0.15) is 0 Å². The second kappa shape index (κ2) is 11.4. The SMILES string of the molecule is COc1ccc(CN2CCN([C@@H](C(=O)Nc3cc(C)ccc3C)c3ccccc3)CC2)cc1OC. The van der Waals surface area contributed by atoms with E-state index in [1.807, 2.05) is 62.4 Å². The molecule has 184 valence electrons. The summed E-state index contributed by atoms with van der Waals surface area (Å²) in [5.74, 6) is 1.50. The first kappa shape index (κ1) is 24.8. The highest BCUT2D eigenvalue weighted by Crippen LogP contribution is 2.29. The zero-order chi connectivity index (χ0) is 24.8. The van der Waals surface area contributed by atoms with Gasteiger partial charge in [-0.1, -0.05) is 48.5 Å². The lowest BCUT2D eigenvalue weighted by Gasteiger charge is -2.39. The van der Waals surface area contributed by atoms with E-state index in [2.05, 4.69) is 33.3 Å². The van der Waals surface area contributed by atoms with Crippen molar-refractivity contribution in [3.8, 4) is 11.5 Å².